The Hall–Kier alpha value is -1.03. The molecule has 0 fully saturated rings. The van der Waals surface area contributed by atoms with Crippen molar-refractivity contribution in [1.82, 2.24) is 4.90 Å². The second-order valence-electron chi connectivity index (χ2n) is 15.3. The van der Waals surface area contributed by atoms with Crippen LogP contribution in [-0.2, 0) is 14.3 Å². The van der Waals surface area contributed by atoms with E-state index in [4.69, 9.17) is 9.47 Å². The molecule has 0 radical (unpaired) electrons. The van der Waals surface area contributed by atoms with Crippen LogP contribution in [0.3, 0.4) is 0 Å². The number of esters is 1. The topological polar surface area (TPSA) is 38.8 Å². The van der Waals surface area contributed by atoms with Gasteiger partial charge in [0.2, 0.25) is 0 Å². The Morgan fingerprint density at radius 1 is 0.449 bits per heavy atom. The molecule has 0 bridgehead atoms. The summed E-state index contributed by atoms with van der Waals surface area (Å²) in [4.78, 5) is 15.4. The van der Waals surface area contributed by atoms with E-state index in [-0.39, 0.29) is 11.9 Å². The molecule has 0 saturated carbocycles. The highest BCUT2D eigenvalue weighted by atomic mass is 16.5. The summed E-state index contributed by atoms with van der Waals surface area (Å²) in [6.07, 6.45) is 37.7. The van der Waals surface area contributed by atoms with Crippen LogP contribution in [0.5, 0.6) is 0 Å². The number of carbonyl (C=O) groups is 1. The molecule has 0 saturated heterocycles. The van der Waals surface area contributed by atoms with Crippen LogP contribution in [0.2, 0.25) is 0 Å². The first kappa shape index (κ1) is 48.0. The minimum absolute atomic E-state index is 0.0740. The summed E-state index contributed by atoms with van der Waals surface area (Å²) in [6, 6.07) is 0. The lowest BCUT2D eigenvalue weighted by Gasteiger charge is -2.22. The van der Waals surface area contributed by atoms with Crippen LogP contribution in [0.1, 0.15) is 227 Å². The Bertz CT molecular complexity index is 695. The van der Waals surface area contributed by atoms with E-state index in [0.717, 1.165) is 50.9 Å². The summed E-state index contributed by atoms with van der Waals surface area (Å²) in [7, 11) is 0. The molecule has 2 atom stereocenters. The lowest BCUT2D eigenvalue weighted by molar-refractivity contribution is -0.149. The molecule has 0 rings (SSSR count). The summed E-state index contributed by atoms with van der Waals surface area (Å²) >= 11 is 0. The lowest BCUT2D eigenvalue weighted by atomic mass is 9.95. The fourth-order valence-electron chi connectivity index (χ4n) is 7.03. The predicted octanol–water partition coefficient (Wildman–Crippen LogP) is 14.4. The largest absolute Gasteiger partial charge is 0.498 e. The zero-order chi connectivity index (χ0) is 36.0. The van der Waals surface area contributed by atoms with Gasteiger partial charge in [0.1, 0.15) is 0 Å². The Morgan fingerprint density at radius 2 is 0.837 bits per heavy atom. The molecule has 292 valence electrons. The van der Waals surface area contributed by atoms with Gasteiger partial charge in [0.05, 0.1) is 24.9 Å². The third kappa shape index (κ3) is 31.4. The molecule has 0 aromatic carbocycles. The maximum absolute atomic E-state index is 12.6. The number of rotatable bonds is 40. The van der Waals surface area contributed by atoms with Gasteiger partial charge in [-0.1, -0.05) is 176 Å². The fourth-order valence-corrected chi connectivity index (χ4v) is 7.03. The summed E-state index contributed by atoms with van der Waals surface area (Å²) < 4.78 is 11.8. The van der Waals surface area contributed by atoms with Crippen LogP contribution >= 0.6 is 0 Å². The van der Waals surface area contributed by atoms with Gasteiger partial charge in [-0.05, 0) is 77.4 Å². The molecule has 0 aromatic rings. The van der Waals surface area contributed by atoms with Gasteiger partial charge in [0.25, 0.3) is 0 Å². The van der Waals surface area contributed by atoms with E-state index < -0.39 is 0 Å². The molecule has 49 heavy (non-hydrogen) atoms. The van der Waals surface area contributed by atoms with Crippen molar-refractivity contribution in [3.63, 3.8) is 0 Å². The fraction of sp³-hybridized carbons (Fsp3) is 0.933. The molecule has 0 N–H and O–H groups in total. The van der Waals surface area contributed by atoms with Crippen LogP contribution in [-0.4, -0.2) is 43.7 Å². The first-order valence-corrected chi connectivity index (χ1v) is 22.2. The molecule has 0 spiro atoms. The predicted molar refractivity (Wildman–Crippen MR) is 216 cm³/mol. The average molecular weight is 692 g/mol. The standard InChI is InChI=1S/C45H89NO3/c1-7-12-16-28-35-43(11-5)42(6)48-40-32-26-22-18-20-24-30-38-46(37-15-10-4)39-31-25-21-19-23-27-33-41-49-45(47)44(34-14-9-3)36-29-17-13-8-2/h43-44H,6-41H2,1-5H3. The second kappa shape index (κ2) is 38.2. The van der Waals surface area contributed by atoms with Crippen molar-refractivity contribution >= 4 is 5.97 Å². The molecule has 4 nitrogen and oxygen atoms in total. The van der Waals surface area contributed by atoms with Gasteiger partial charge in [0.15, 0.2) is 0 Å². The van der Waals surface area contributed by atoms with E-state index >= 15 is 0 Å². The molecular weight excluding hydrogens is 602 g/mol. The SMILES string of the molecule is C=C(OCCCCCCCCCN(CCCC)CCCCCCCCCOC(=O)C(CCCC)CCCCCC)C(CC)CCCCCC. The Labute approximate surface area is 308 Å². The smallest absolute Gasteiger partial charge is 0.308 e. The molecule has 0 aliphatic heterocycles. The van der Waals surface area contributed by atoms with Crippen molar-refractivity contribution in [2.24, 2.45) is 11.8 Å². The van der Waals surface area contributed by atoms with E-state index in [1.54, 1.807) is 0 Å². The Morgan fingerprint density at radius 3 is 1.33 bits per heavy atom. The lowest BCUT2D eigenvalue weighted by Crippen LogP contribution is -2.27. The van der Waals surface area contributed by atoms with Gasteiger partial charge in [-0.2, -0.15) is 0 Å². The maximum atomic E-state index is 12.6. The van der Waals surface area contributed by atoms with Crippen molar-refractivity contribution in [1.29, 1.82) is 0 Å². The normalized spacial score (nSPS) is 12.8. The molecule has 0 aliphatic carbocycles. The van der Waals surface area contributed by atoms with Crippen molar-refractivity contribution in [2.75, 3.05) is 32.8 Å². The van der Waals surface area contributed by atoms with E-state index in [9.17, 15) is 4.79 Å². The van der Waals surface area contributed by atoms with E-state index in [1.165, 1.54) is 174 Å². The van der Waals surface area contributed by atoms with Gasteiger partial charge in [0, 0.05) is 5.92 Å². The van der Waals surface area contributed by atoms with Crippen LogP contribution < -0.4 is 0 Å². The summed E-state index contributed by atoms with van der Waals surface area (Å²) in [6.45, 7) is 20.9. The highest BCUT2D eigenvalue weighted by Gasteiger charge is 2.19. The van der Waals surface area contributed by atoms with E-state index in [1.807, 2.05) is 0 Å². The first-order chi connectivity index (χ1) is 24.0. The molecular formula is C45H89NO3. The molecule has 4 heteroatoms. The van der Waals surface area contributed by atoms with E-state index in [2.05, 4.69) is 46.1 Å². The molecule has 0 amide bonds. The van der Waals surface area contributed by atoms with Gasteiger partial charge < -0.3 is 14.4 Å². The van der Waals surface area contributed by atoms with Crippen molar-refractivity contribution in [3.05, 3.63) is 12.3 Å². The minimum atomic E-state index is 0.0740. The number of allylic oxidation sites excluding steroid dienone is 1. The zero-order valence-corrected chi connectivity index (χ0v) is 34.3. The molecule has 0 heterocycles. The highest BCUT2D eigenvalue weighted by molar-refractivity contribution is 5.72. The average Bonchev–Trinajstić information content (AvgIpc) is 3.11. The summed E-state index contributed by atoms with van der Waals surface area (Å²) in [5, 5.41) is 0. The first-order valence-electron chi connectivity index (χ1n) is 22.2. The summed E-state index contributed by atoms with van der Waals surface area (Å²) in [5.74, 6) is 1.79. The molecule has 0 aliphatic rings. The van der Waals surface area contributed by atoms with Crippen molar-refractivity contribution < 1.29 is 14.3 Å². The molecule has 0 aromatic heterocycles. The Balaban J connectivity index is 3.85. The molecule has 2 unspecified atom stereocenters. The quantitative estimate of drug-likeness (QED) is 0.0364. The third-order valence-corrected chi connectivity index (χ3v) is 10.6. The number of hydrogen-bond donors (Lipinski definition) is 0. The van der Waals surface area contributed by atoms with Crippen molar-refractivity contribution in [2.45, 2.75) is 227 Å². The highest BCUT2D eigenvalue weighted by Crippen LogP contribution is 2.23. The number of unbranched alkanes of at least 4 members (excludes halogenated alkanes) is 20. The van der Waals surface area contributed by atoms with Gasteiger partial charge in [-0.15, -0.1) is 0 Å². The van der Waals surface area contributed by atoms with E-state index in [0.29, 0.717) is 12.5 Å². The number of ether oxygens (including phenoxy) is 2. The second-order valence-corrected chi connectivity index (χ2v) is 15.3. The monoisotopic (exact) mass is 692 g/mol. The number of carbonyl (C=O) groups excluding carboxylic acids is 1. The van der Waals surface area contributed by atoms with Gasteiger partial charge in [-0.25, -0.2) is 0 Å². The number of nitrogens with zero attached hydrogens (tertiary/aromatic N) is 1. The van der Waals surface area contributed by atoms with Crippen LogP contribution in [0.25, 0.3) is 0 Å². The van der Waals surface area contributed by atoms with Crippen LogP contribution in [0, 0.1) is 11.8 Å². The van der Waals surface area contributed by atoms with Crippen LogP contribution in [0.15, 0.2) is 12.3 Å². The van der Waals surface area contributed by atoms with Gasteiger partial charge >= 0.3 is 5.97 Å². The third-order valence-electron chi connectivity index (χ3n) is 10.6. The zero-order valence-electron chi connectivity index (χ0n) is 34.3. The van der Waals surface area contributed by atoms with Crippen LogP contribution in [0.4, 0.5) is 0 Å². The van der Waals surface area contributed by atoms with Gasteiger partial charge in [-0.3, -0.25) is 4.79 Å². The summed E-state index contributed by atoms with van der Waals surface area (Å²) in [5.41, 5.74) is 0. The number of hydrogen-bond acceptors (Lipinski definition) is 4. The van der Waals surface area contributed by atoms with Crippen molar-refractivity contribution in [3.8, 4) is 0 Å². The minimum Gasteiger partial charge on any atom is -0.498 e. The Kier molecular flexibility index (Phi) is 37.4. The maximum Gasteiger partial charge on any atom is 0.308 e.